The molecule has 2 aromatic heterocycles. The van der Waals surface area contributed by atoms with Gasteiger partial charge in [0, 0.05) is 11.1 Å². The number of carboxylic acid groups (broad SMARTS) is 1. The van der Waals surface area contributed by atoms with Crippen LogP contribution in [0.15, 0.2) is 39.9 Å². The van der Waals surface area contributed by atoms with Gasteiger partial charge in [-0.3, -0.25) is 4.79 Å². The fraction of sp³-hybridized carbons (Fsp3) is 0.370. The van der Waals surface area contributed by atoms with E-state index in [2.05, 4.69) is 31.1 Å². The highest BCUT2D eigenvalue weighted by atomic mass is 35.5. The van der Waals surface area contributed by atoms with Gasteiger partial charge in [-0.15, -0.1) is 11.3 Å². The van der Waals surface area contributed by atoms with Crippen LogP contribution in [0, 0.1) is 11.3 Å². The molecule has 1 aromatic carbocycles. The van der Waals surface area contributed by atoms with Gasteiger partial charge >= 0.3 is 5.97 Å². The number of benzene rings is 1. The number of amides is 1. The van der Waals surface area contributed by atoms with Gasteiger partial charge in [-0.1, -0.05) is 44.0 Å². The molecule has 0 radical (unpaired) electrons. The van der Waals surface area contributed by atoms with E-state index >= 15 is 0 Å². The summed E-state index contributed by atoms with van der Waals surface area (Å²) in [4.78, 5) is 30.0. The van der Waals surface area contributed by atoms with Crippen molar-refractivity contribution in [1.29, 1.82) is 0 Å². The molecule has 7 nitrogen and oxygen atoms in total. The maximum atomic E-state index is 13.3. The summed E-state index contributed by atoms with van der Waals surface area (Å²) in [5.41, 5.74) is 2.42. The van der Waals surface area contributed by atoms with Gasteiger partial charge < -0.3 is 19.6 Å². The molecular formula is C27H28Cl2N2O5S. The summed E-state index contributed by atoms with van der Waals surface area (Å²) in [5.74, 6) is -0.0364. The van der Waals surface area contributed by atoms with Crippen LogP contribution in [0.3, 0.4) is 0 Å². The first-order valence-electron chi connectivity index (χ1n) is 11.9. The van der Waals surface area contributed by atoms with Crippen LogP contribution in [0.2, 0.25) is 10.0 Å². The first-order valence-corrected chi connectivity index (χ1v) is 13.4. The fourth-order valence-electron chi connectivity index (χ4n) is 4.36. The topological polar surface area (TPSA) is 101 Å². The highest BCUT2D eigenvalue weighted by molar-refractivity contribution is 7.16. The zero-order valence-corrected chi connectivity index (χ0v) is 23.1. The smallest absolute Gasteiger partial charge is 0.341 e. The number of hydrogen-bond acceptors (Lipinski definition) is 6. The average molecular weight is 564 g/mol. The number of hydrogen-bond donors (Lipinski definition) is 2. The molecule has 1 atom stereocenters. The normalized spacial score (nSPS) is 15.5. The molecule has 1 amide bonds. The first-order chi connectivity index (χ1) is 17.5. The van der Waals surface area contributed by atoms with Crippen LogP contribution in [-0.2, 0) is 24.2 Å². The number of carboxylic acids is 1. The number of furan rings is 1. The second-order valence-electron chi connectivity index (χ2n) is 10.0. The Bertz CT molecular complexity index is 1300. The largest absolute Gasteiger partial charge is 0.479 e. The second-order valence-corrected chi connectivity index (χ2v) is 11.9. The molecule has 0 fully saturated rings. The number of halogens is 2. The molecule has 10 heteroatoms. The zero-order valence-electron chi connectivity index (χ0n) is 20.8. The number of thiophene rings is 1. The lowest BCUT2D eigenvalue weighted by Gasteiger charge is -2.33. The van der Waals surface area contributed by atoms with E-state index in [1.165, 1.54) is 16.2 Å². The van der Waals surface area contributed by atoms with Crippen LogP contribution in [-0.4, -0.2) is 29.8 Å². The van der Waals surface area contributed by atoms with Crippen LogP contribution >= 0.6 is 34.5 Å². The van der Waals surface area contributed by atoms with Crippen LogP contribution in [0.4, 0.5) is 5.00 Å². The van der Waals surface area contributed by atoms with Gasteiger partial charge in [0.05, 0.1) is 28.4 Å². The number of nitrogens with one attached hydrogen (secondary N) is 1. The molecule has 3 aromatic rings. The highest BCUT2D eigenvalue weighted by Gasteiger charge is 2.33. The van der Waals surface area contributed by atoms with Gasteiger partial charge in [0.1, 0.15) is 10.8 Å². The molecule has 0 unspecified atom stereocenters. The van der Waals surface area contributed by atoms with E-state index in [4.69, 9.17) is 37.5 Å². The molecule has 0 aliphatic heterocycles. The van der Waals surface area contributed by atoms with Crippen LogP contribution in [0.5, 0.6) is 5.75 Å². The molecule has 1 aliphatic carbocycles. The standard InChI is InChI=1S/C27H28Cl2N2O5S/c1-27(2,3)16-6-7-18-21(11-16)37-26(23(18)25(34)30-13-17-5-4-8-35-17)31-12-15-9-19(28)24(20(29)10-15)36-14-22(32)33/h4-5,8-10,12,16H,6-7,11,13-14H2,1-3H3,(H,30,34)(H,32,33)/t16-/m1/s1. The van der Waals surface area contributed by atoms with Crippen molar-refractivity contribution in [2.24, 2.45) is 16.3 Å². The zero-order chi connectivity index (χ0) is 26.7. The van der Waals surface area contributed by atoms with Crippen molar-refractivity contribution in [3.05, 3.63) is 67.9 Å². The lowest BCUT2D eigenvalue weighted by molar-refractivity contribution is -0.139. The Morgan fingerprint density at radius 1 is 1.30 bits per heavy atom. The number of nitrogens with zero attached hydrogens (tertiary/aromatic N) is 1. The van der Waals surface area contributed by atoms with Gasteiger partial charge in [0.2, 0.25) is 0 Å². The first kappa shape index (κ1) is 27.2. The quantitative estimate of drug-likeness (QED) is 0.289. The molecule has 196 valence electrons. The molecule has 2 heterocycles. The Labute approximate surface area is 229 Å². The molecule has 4 rings (SSSR count). The van der Waals surface area contributed by atoms with E-state index in [0.717, 1.165) is 24.8 Å². The Hall–Kier alpha value is -2.81. The number of rotatable bonds is 8. The Kier molecular flexibility index (Phi) is 8.31. The lowest BCUT2D eigenvalue weighted by Crippen LogP contribution is -2.28. The molecule has 2 N–H and O–H groups in total. The summed E-state index contributed by atoms with van der Waals surface area (Å²) in [6.45, 7) is 6.49. The summed E-state index contributed by atoms with van der Waals surface area (Å²) in [5, 5.41) is 12.8. The van der Waals surface area contributed by atoms with E-state index in [9.17, 15) is 9.59 Å². The second kappa shape index (κ2) is 11.3. The summed E-state index contributed by atoms with van der Waals surface area (Å²) in [6.07, 6.45) is 5.91. The number of ether oxygens (including phenoxy) is 1. The highest BCUT2D eigenvalue weighted by Crippen LogP contribution is 2.45. The molecule has 0 saturated carbocycles. The summed E-state index contributed by atoms with van der Waals surface area (Å²) >= 11 is 14.1. The third-order valence-electron chi connectivity index (χ3n) is 6.39. The van der Waals surface area contributed by atoms with Crippen molar-refractivity contribution in [2.45, 2.75) is 46.6 Å². The lowest BCUT2D eigenvalue weighted by atomic mass is 9.72. The van der Waals surface area contributed by atoms with Gasteiger partial charge in [-0.25, -0.2) is 9.79 Å². The van der Waals surface area contributed by atoms with E-state index in [0.29, 0.717) is 27.8 Å². The van der Waals surface area contributed by atoms with Gasteiger partial charge in [0.15, 0.2) is 12.4 Å². The molecule has 0 saturated heterocycles. The van der Waals surface area contributed by atoms with Crippen LogP contribution in [0.25, 0.3) is 0 Å². The average Bonchev–Trinajstić information content (AvgIpc) is 3.47. The Balaban J connectivity index is 1.64. The number of fused-ring (bicyclic) bond motifs is 1. The van der Waals surface area contributed by atoms with Gasteiger partial charge in [0.25, 0.3) is 5.91 Å². The van der Waals surface area contributed by atoms with E-state index in [1.807, 2.05) is 6.07 Å². The van der Waals surface area contributed by atoms with E-state index in [1.54, 1.807) is 30.7 Å². The number of aliphatic carboxylic acids is 1. The molecule has 0 bridgehead atoms. The SMILES string of the molecule is CC(C)(C)[C@@H]1CCc2c(sc(N=Cc3cc(Cl)c(OCC(=O)O)c(Cl)c3)c2C(=O)NCc2ccco2)C1. The van der Waals surface area contributed by atoms with Crippen molar-refractivity contribution in [3.8, 4) is 5.75 Å². The summed E-state index contributed by atoms with van der Waals surface area (Å²) in [7, 11) is 0. The summed E-state index contributed by atoms with van der Waals surface area (Å²) in [6, 6.07) is 6.78. The van der Waals surface area contributed by atoms with Crippen molar-refractivity contribution in [3.63, 3.8) is 0 Å². The van der Waals surface area contributed by atoms with Crippen LogP contribution in [0.1, 0.15) is 59.3 Å². The van der Waals surface area contributed by atoms with Crippen LogP contribution < -0.4 is 10.1 Å². The maximum Gasteiger partial charge on any atom is 0.341 e. The van der Waals surface area contributed by atoms with Crippen molar-refractivity contribution < 1.29 is 23.8 Å². The van der Waals surface area contributed by atoms with Gasteiger partial charge in [-0.05, 0) is 66.0 Å². The summed E-state index contributed by atoms with van der Waals surface area (Å²) < 4.78 is 10.5. The minimum Gasteiger partial charge on any atom is -0.479 e. The van der Waals surface area contributed by atoms with Crippen molar-refractivity contribution in [2.75, 3.05) is 6.61 Å². The van der Waals surface area contributed by atoms with Crippen molar-refractivity contribution >= 4 is 57.6 Å². The predicted octanol–water partition coefficient (Wildman–Crippen LogP) is 6.94. The Morgan fingerprint density at radius 3 is 2.65 bits per heavy atom. The third kappa shape index (κ3) is 6.55. The number of aliphatic imine (C=N–C) groups is 1. The minimum atomic E-state index is -1.13. The third-order valence-corrected chi connectivity index (χ3v) is 8.12. The predicted molar refractivity (Wildman–Crippen MR) is 146 cm³/mol. The fourth-order valence-corrected chi connectivity index (χ4v) is 6.25. The Morgan fingerprint density at radius 2 is 2.03 bits per heavy atom. The van der Waals surface area contributed by atoms with Crippen molar-refractivity contribution in [1.82, 2.24) is 5.32 Å². The molecule has 1 aliphatic rings. The number of carbonyl (C=O) groups is 2. The van der Waals surface area contributed by atoms with E-state index < -0.39 is 12.6 Å². The monoisotopic (exact) mass is 562 g/mol. The van der Waals surface area contributed by atoms with Gasteiger partial charge in [-0.2, -0.15) is 0 Å². The molecule has 0 spiro atoms. The minimum absolute atomic E-state index is 0.0979. The molecule has 37 heavy (non-hydrogen) atoms. The maximum absolute atomic E-state index is 13.3. The van der Waals surface area contributed by atoms with E-state index in [-0.39, 0.29) is 33.7 Å². The number of carbonyl (C=O) groups excluding carboxylic acids is 1. The molecular weight excluding hydrogens is 535 g/mol.